The highest BCUT2D eigenvalue weighted by atomic mass is 16.5. The van der Waals surface area contributed by atoms with Crippen molar-refractivity contribution in [2.24, 2.45) is 0 Å². The molecule has 0 fully saturated rings. The van der Waals surface area contributed by atoms with Crippen LogP contribution in [0.5, 0.6) is 5.75 Å². The molecule has 0 saturated carbocycles. The lowest BCUT2D eigenvalue weighted by Crippen LogP contribution is -2.21. The highest BCUT2D eigenvalue weighted by Gasteiger charge is 2.09. The Morgan fingerprint density at radius 1 is 0.963 bits per heavy atom. The molecule has 0 bridgehead atoms. The normalized spacial score (nSPS) is 10.0. The van der Waals surface area contributed by atoms with E-state index in [0.717, 1.165) is 5.56 Å². The molecule has 27 heavy (non-hydrogen) atoms. The summed E-state index contributed by atoms with van der Waals surface area (Å²) in [6.07, 6.45) is 0.0409. The van der Waals surface area contributed by atoms with Gasteiger partial charge in [-0.05, 0) is 42.8 Å². The van der Waals surface area contributed by atoms with Crippen molar-refractivity contribution in [2.45, 2.75) is 20.3 Å². The van der Waals surface area contributed by atoms with Crippen molar-refractivity contribution in [3.8, 4) is 5.75 Å². The van der Waals surface area contributed by atoms with E-state index in [4.69, 9.17) is 9.47 Å². The Bertz CT molecular complexity index is 820. The quantitative estimate of drug-likeness (QED) is 0.697. The lowest BCUT2D eigenvalue weighted by Gasteiger charge is -2.09. The van der Waals surface area contributed by atoms with Gasteiger partial charge in [-0.1, -0.05) is 18.2 Å². The minimum atomic E-state index is -0.523. The average molecular weight is 370 g/mol. The zero-order valence-corrected chi connectivity index (χ0v) is 15.3. The molecule has 2 rings (SSSR count). The summed E-state index contributed by atoms with van der Waals surface area (Å²) in [7, 11) is 0. The molecule has 0 aromatic heterocycles. The van der Waals surface area contributed by atoms with Crippen molar-refractivity contribution in [1.29, 1.82) is 0 Å². The molecule has 2 aromatic rings. The molecule has 7 nitrogen and oxygen atoms in total. The van der Waals surface area contributed by atoms with E-state index in [1.165, 1.54) is 6.92 Å². The maximum absolute atomic E-state index is 11.9. The fourth-order valence-corrected chi connectivity index (χ4v) is 2.25. The van der Waals surface area contributed by atoms with Gasteiger partial charge in [0.15, 0.2) is 6.61 Å². The highest BCUT2D eigenvalue weighted by molar-refractivity contribution is 5.94. The lowest BCUT2D eigenvalue weighted by atomic mass is 10.2. The maximum Gasteiger partial charge on any atom is 0.309 e. The first kappa shape index (κ1) is 20.0. The third-order valence-electron chi connectivity index (χ3n) is 3.40. The van der Waals surface area contributed by atoms with Gasteiger partial charge >= 0.3 is 5.97 Å². The molecule has 0 radical (unpaired) electrons. The third-order valence-corrected chi connectivity index (χ3v) is 3.40. The summed E-state index contributed by atoms with van der Waals surface area (Å²) < 4.78 is 10.4. The summed E-state index contributed by atoms with van der Waals surface area (Å²) in [6.45, 7) is 3.12. The Morgan fingerprint density at radius 2 is 1.67 bits per heavy atom. The molecule has 0 atom stereocenters. The SMILES string of the molecule is CC(=O)Nc1cccc(NC(=O)COC(=O)CCOc2cccc(C)c2)c1. The monoisotopic (exact) mass is 370 g/mol. The van der Waals surface area contributed by atoms with Gasteiger partial charge in [0.2, 0.25) is 5.91 Å². The van der Waals surface area contributed by atoms with Crippen LogP contribution in [-0.2, 0) is 19.1 Å². The number of esters is 1. The Morgan fingerprint density at radius 3 is 2.37 bits per heavy atom. The molecule has 2 aromatic carbocycles. The summed E-state index contributed by atoms with van der Waals surface area (Å²) in [5, 5.41) is 5.22. The van der Waals surface area contributed by atoms with Crippen LogP contribution >= 0.6 is 0 Å². The topological polar surface area (TPSA) is 93.7 Å². The van der Waals surface area contributed by atoms with Gasteiger partial charge in [0.1, 0.15) is 5.75 Å². The first-order valence-electron chi connectivity index (χ1n) is 8.45. The largest absolute Gasteiger partial charge is 0.493 e. The second-order valence-electron chi connectivity index (χ2n) is 5.89. The Labute approximate surface area is 157 Å². The zero-order chi connectivity index (χ0) is 19.6. The third kappa shape index (κ3) is 7.60. The van der Waals surface area contributed by atoms with E-state index in [1.54, 1.807) is 30.3 Å². The fourth-order valence-electron chi connectivity index (χ4n) is 2.25. The maximum atomic E-state index is 11.9. The molecule has 0 unspecified atom stereocenters. The number of carbonyl (C=O) groups is 3. The van der Waals surface area contributed by atoms with Gasteiger partial charge in [0, 0.05) is 18.3 Å². The van der Waals surface area contributed by atoms with Crippen LogP contribution in [0, 0.1) is 6.92 Å². The van der Waals surface area contributed by atoms with E-state index in [0.29, 0.717) is 17.1 Å². The van der Waals surface area contributed by atoms with Crippen LogP contribution < -0.4 is 15.4 Å². The second kappa shape index (κ2) is 9.96. The van der Waals surface area contributed by atoms with Crippen LogP contribution in [0.3, 0.4) is 0 Å². The molecule has 2 N–H and O–H groups in total. The highest BCUT2D eigenvalue weighted by Crippen LogP contribution is 2.15. The van der Waals surface area contributed by atoms with Crippen molar-refractivity contribution in [2.75, 3.05) is 23.8 Å². The average Bonchev–Trinajstić information content (AvgIpc) is 2.60. The predicted molar refractivity (Wildman–Crippen MR) is 102 cm³/mol. The number of benzene rings is 2. The number of hydrogen-bond donors (Lipinski definition) is 2. The van der Waals surface area contributed by atoms with Crippen LogP contribution in [0.4, 0.5) is 11.4 Å². The van der Waals surface area contributed by atoms with Gasteiger partial charge in [-0.15, -0.1) is 0 Å². The first-order chi connectivity index (χ1) is 12.9. The number of anilines is 2. The molecule has 2 amide bonds. The molecular formula is C20H22N2O5. The van der Waals surface area contributed by atoms with Gasteiger partial charge in [0.25, 0.3) is 5.91 Å². The van der Waals surface area contributed by atoms with Crippen LogP contribution in [0.2, 0.25) is 0 Å². The van der Waals surface area contributed by atoms with Crippen LogP contribution in [-0.4, -0.2) is 31.0 Å². The lowest BCUT2D eigenvalue weighted by molar-refractivity contribution is -0.147. The number of carbonyl (C=O) groups excluding carboxylic acids is 3. The number of nitrogens with one attached hydrogen (secondary N) is 2. The number of amides is 2. The second-order valence-corrected chi connectivity index (χ2v) is 5.89. The predicted octanol–water partition coefficient (Wildman–Crippen LogP) is 2.90. The van der Waals surface area contributed by atoms with E-state index in [1.807, 2.05) is 25.1 Å². The molecule has 0 aliphatic rings. The molecular weight excluding hydrogens is 348 g/mol. The molecule has 142 valence electrons. The minimum absolute atomic E-state index is 0.0409. The van der Waals surface area contributed by atoms with E-state index in [-0.39, 0.29) is 18.9 Å². The summed E-state index contributed by atoms with van der Waals surface area (Å²) in [5.74, 6) is -0.521. The molecule has 0 saturated heterocycles. The van der Waals surface area contributed by atoms with Gasteiger partial charge in [-0.2, -0.15) is 0 Å². The van der Waals surface area contributed by atoms with E-state index < -0.39 is 18.5 Å². The van der Waals surface area contributed by atoms with E-state index in [2.05, 4.69) is 10.6 Å². The summed E-state index contributed by atoms with van der Waals surface area (Å²) in [5.41, 5.74) is 2.12. The van der Waals surface area contributed by atoms with Crippen molar-refractivity contribution in [1.82, 2.24) is 0 Å². The van der Waals surface area contributed by atoms with E-state index in [9.17, 15) is 14.4 Å². The Hall–Kier alpha value is -3.35. The summed E-state index contributed by atoms with van der Waals surface area (Å²) in [6, 6.07) is 14.2. The number of rotatable bonds is 8. The van der Waals surface area contributed by atoms with Crippen molar-refractivity contribution < 1.29 is 23.9 Å². The minimum Gasteiger partial charge on any atom is -0.493 e. The van der Waals surface area contributed by atoms with Crippen LogP contribution in [0.15, 0.2) is 48.5 Å². The first-order valence-corrected chi connectivity index (χ1v) is 8.45. The van der Waals surface area contributed by atoms with Gasteiger partial charge in [-0.25, -0.2) is 0 Å². The van der Waals surface area contributed by atoms with Gasteiger partial charge in [0.05, 0.1) is 13.0 Å². The zero-order valence-electron chi connectivity index (χ0n) is 15.3. The van der Waals surface area contributed by atoms with Gasteiger partial charge in [-0.3, -0.25) is 14.4 Å². The molecule has 7 heteroatoms. The Balaban J connectivity index is 1.70. The van der Waals surface area contributed by atoms with Crippen LogP contribution in [0.25, 0.3) is 0 Å². The molecule has 0 aliphatic heterocycles. The number of aryl methyl sites for hydroxylation is 1. The molecule has 0 aliphatic carbocycles. The number of hydrogen-bond acceptors (Lipinski definition) is 5. The van der Waals surface area contributed by atoms with Crippen molar-refractivity contribution >= 4 is 29.2 Å². The molecule has 0 spiro atoms. The molecule has 0 heterocycles. The number of ether oxygens (including phenoxy) is 2. The smallest absolute Gasteiger partial charge is 0.309 e. The summed E-state index contributed by atoms with van der Waals surface area (Å²) >= 11 is 0. The van der Waals surface area contributed by atoms with Crippen LogP contribution in [0.1, 0.15) is 18.9 Å². The van der Waals surface area contributed by atoms with E-state index >= 15 is 0 Å². The van der Waals surface area contributed by atoms with Crippen molar-refractivity contribution in [3.05, 3.63) is 54.1 Å². The van der Waals surface area contributed by atoms with Gasteiger partial charge < -0.3 is 20.1 Å². The van der Waals surface area contributed by atoms with Crippen molar-refractivity contribution in [3.63, 3.8) is 0 Å². The summed E-state index contributed by atoms with van der Waals surface area (Å²) in [4.78, 5) is 34.6. The fraction of sp³-hybridized carbons (Fsp3) is 0.250. The Kier molecular flexibility index (Phi) is 7.37. The standard InChI is InChI=1S/C20H22N2O5/c1-14-5-3-8-18(11-14)26-10-9-20(25)27-13-19(24)22-17-7-4-6-16(12-17)21-15(2)23/h3-8,11-12H,9-10,13H2,1-2H3,(H,21,23)(H,22,24).